The molecule has 2 aliphatic carbocycles. The van der Waals surface area contributed by atoms with E-state index in [1.165, 1.54) is 12.0 Å². The number of allylic oxidation sites excluding steroid dienone is 1. The number of Topliss-reactive ketones (excluding diaryl/α,β-unsaturated/α-hetero) is 1. The number of carbonyl (C=O) groups excluding carboxylic acids is 1. The molecule has 0 atom stereocenters. The lowest BCUT2D eigenvalue weighted by atomic mass is 9.72. The highest BCUT2D eigenvalue weighted by molar-refractivity contribution is 6.41. The molecule has 0 amide bonds. The van der Waals surface area contributed by atoms with Gasteiger partial charge in [0.1, 0.15) is 0 Å². The van der Waals surface area contributed by atoms with Crippen molar-refractivity contribution in [2.75, 3.05) is 0 Å². The number of fused-ring (bicyclic) bond motifs is 1. The van der Waals surface area contributed by atoms with Crippen LogP contribution in [-0.2, 0) is 5.54 Å². The van der Waals surface area contributed by atoms with Crippen molar-refractivity contribution >= 4 is 16.9 Å². The molecule has 2 heteroatoms. The fraction of sp³-hybridized carbons (Fsp3) is 0.160. The molecule has 0 unspecified atom stereocenters. The van der Waals surface area contributed by atoms with Gasteiger partial charge in [0.15, 0.2) is 5.78 Å². The quantitative estimate of drug-likeness (QED) is 0.706. The van der Waals surface area contributed by atoms with Crippen molar-refractivity contribution in [2.24, 2.45) is 5.73 Å². The monoisotopic (exact) mass is 351 g/mol. The third kappa shape index (κ3) is 2.48. The molecule has 0 heterocycles. The summed E-state index contributed by atoms with van der Waals surface area (Å²) in [5, 5.41) is 0. The van der Waals surface area contributed by atoms with E-state index in [0.717, 1.165) is 46.2 Å². The largest absolute Gasteiger partial charge is 0.321 e. The van der Waals surface area contributed by atoms with Crippen molar-refractivity contribution in [1.29, 1.82) is 0 Å². The van der Waals surface area contributed by atoms with Crippen LogP contribution in [0.2, 0.25) is 0 Å². The van der Waals surface area contributed by atoms with E-state index < -0.39 is 0 Å². The average molecular weight is 351 g/mol. The third-order valence-corrected chi connectivity index (χ3v) is 5.97. The molecule has 0 radical (unpaired) electrons. The zero-order valence-electron chi connectivity index (χ0n) is 15.1. The minimum atomic E-state index is -0.183. The molecule has 132 valence electrons. The van der Waals surface area contributed by atoms with Crippen molar-refractivity contribution in [3.63, 3.8) is 0 Å². The average Bonchev–Trinajstić information content (AvgIpc) is 3.00. The normalized spacial score (nSPS) is 17.6. The van der Waals surface area contributed by atoms with Gasteiger partial charge < -0.3 is 5.73 Å². The first kappa shape index (κ1) is 16.2. The second-order valence-electron chi connectivity index (χ2n) is 7.58. The Morgan fingerprint density at radius 2 is 1.26 bits per heavy atom. The number of carbonyl (C=O) groups is 1. The Hall–Kier alpha value is -2.97. The first-order valence-electron chi connectivity index (χ1n) is 9.51. The van der Waals surface area contributed by atoms with E-state index >= 15 is 0 Å². The van der Waals surface area contributed by atoms with Crippen molar-refractivity contribution in [3.05, 3.63) is 107 Å². The van der Waals surface area contributed by atoms with Crippen LogP contribution in [0.3, 0.4) is 0 Å². The Balaban J connectivity index is 1.67. The molecule has 0 saturated heterocycles. The van der Waals surface area contributed by atoms with Crippen molar-refractivity contribution in [1.82, 2.24) is 0 Å². The summed E-state index contributed by atoms with van der Waals surface area (Å²) >= 11 is 0. The maximum absolute atomic E-state index is 13.2. The molecule has 1 saturated carbocycles. The van der Waals surface area contributed by atoms with Gasteiger partial charge in [0.05, 0.1) is 0 Å². The molecule has 0 aromatic heterocycles. The smallest absolute Gasteiger partial charge is 0.194 e. The highest BCUT2D eigenvalue weighted by Crippen LogP contribution is 2.43. The lowest BCUT2D eigenvalue weighted by Crippen LogP contribution is -2.43. The summed E-state index contributed by atoms with van der Waals surface area (Å²) in [5.41, 5.74) is 13.1. The SMILES string of the molecule is NC1(c2ccc(C3=C(c4ccccc4)c4ccccc4C3=O)cc2)CCC1. The molecular weight excluding hydrogens is 330 g/mol. The summed E-state index contributed by atoms with van der Waals surface area (Å²) in [6, 6.07) is 26.4. The minimum absolute atomic E-state index is 0.100. The summed E-state index contributed by atoms with van der Waals surface area (Å²) in [6.07, 6.45) is 3.26. The number of benzene rings is 3. The summed E-state index contributed by atoms with van der Waals surface area (Å²) in [7, 11) is 0. The molecule has 2 N–H and O–H groups in total. The van der Waals surface area contributed by atoms with E-state index in [9.17, 15) is 4.79 Å². The van der Waals surface area contributed by atoms with Gasteiger partial charge in [-0.05, 0) is 41.5 Å². The molecule has 27 heavy (non-hydrogen) atoms. The molecular formula is C25H21NO. The van der Waals surface area contributed by atoms with E-state index in [1.54, 1.807) is 0 Å². The van der Waals surface area contributed by atoms with Gasteiger partial charge in [-0.25, -0.2) is 0 Å². The van der Waals surface area contributed by atoms with Crippen molar-refractivity contribution < 1.29 is 4.79 Å². The van der Waals surface area contributed by atoms with E-state index in [4.69, 9.17) is 5.73 Å². The summed E-state index contributed by atoms with van der Waals surface area (Å²) in [6.45, 7) is 0. The Morgan fingerprint density at radius 1 is 0.667 bits per heavy atom. The fourth-order valence-electron chi connectivity index (χ4n) is 4.28. The Labute approximate surface area is 159 Å². The van der Waals surface area contributed by atoms with E-state index in [0.29, 0.717) is 0 Å². The standard InChI is InChI=1S/C25H21NO/c26-25(15-6-16-25)19-13-11-18(12-14-19)23-22(17-7-2-1-3-8-17)20-9-4-5-10-21(20)24(23)27/h1-5,7-14H,6,15-16,26H2. The van der Waals surface area contributed by atoms with Crippen molar-refractivity contribution in [3.8, 4) is 0 Å². The number of hydrogen-bond acceptors (Lipinski definition) is 2. The lowest BCUT2D eigenvalue weighted by molar-refractivity contribution is 0.105. The summed E-state index contributed by atoms with van der Waals surface area (Å²) in [5.74, 6) is 0.100. The van der Waals surface area contributed by atoms with E-state index in [-0.39, 0.29) is 11.3 Å². The molecule has 0 spiro atoms. The van der Waals surface area contributed by atoms with Crippen LogP contribution in [0.5, 0.6) is 0 Å². The Kier molecular flexibility index (Phi) is 3.63. The number of rotatable bonds is 3. The van der Waals surface area contributed by atoms with Crippen LogP contribution < -0.4 is 5.73 Å². The van der Waals surface area contributed by atoms with Crippen LogP contribution in [0.15, 0.2) is 78.9 Å². The van der Waals surface area contributed by atoms with Crippen LogP contribution in [0.25, 0.3) is 11.1 Å². The van der Waals surface area contributed by atoms with Gasteiger partial charge in [0.2, 0.25) is 0 Å². The lowest BCUT2D eigenvalue weighted by Gasteiger charge is -2.38. The summed E-state index contributed by atoms with van der Waals surface area (Å²) < 4.78 is 0. The van der Waals surface area contributed by atoms with Gasteiger partial charge in [-0.1, -0.05) is 78.9 Å². The molecule has 1 fully saturated rings. The Bertz CT molecular complexity index is 1060. The Morgan fingerprint density at radius 3 is 1.89 bits per heavy atom. The molecule has 5 rings (SSSR count). The number of hydrogen-bond donors (Lipinski definition) is 1. The zero-order chi connectivity index (χ0) is 18.4. The fourth-order valence-corrected chi connectivity index (χ4v) is 4.28. The highest BCUT2D eigenvalue weighted by Gasteiger charge is 2.35. The molecule has 0 bridgehead atoms. The molecule has 2 nitrogen and oxygen atoms in total. The molecule has 3 aromatic carbocycles. The van der Waals surface area contributed by atoms with Crippen LogP contribution in [0.4, 0.5) is 0 Å². The first-order valence-corrected chi connectivity index (χ1v) is 9.51. The second-order valence-corrected chi connectivity index (χ2v) is 7.58. The predicted molar refractivity (Wildman–Crippen MR) is 109 cm³/mol. The topological polar surface area (TPSA) is 43.1 Å². The minimum Gasteiger partial charge on any atom is -0.321 e. The van der Waals surface area contributed by atoms with E-state index in [1.807, 2.05) is 42.5 Å². The second kappa shape index (κ2) is 6.04. The van der Waals surface area contributed by atoms with Gasteiger partial charge in [0.25, 0.3) is 0 Å². The zero-order valence-corrected chi connectivity index (χ0v) is 15.1. The molecule has 3 aromatic rings. The van der Waals surface area contributed by atoms with Gasteiger partial charge in [-0.3, -0.25) is 4.79 Å². The highest BCUT2D eigenvalue weighted by atomic mass is 16.1. The molecule has 0 aliphatic heterocycles. The maximum atomic E-state index is 13.2. The first-order chi connectivity index (χ1) is 13.2. The van der Waals surface area contributed by atoms with Crippen LogP contribution in [-0.4, -0.2) is 5.78 Å². The maximum Gasteiger partial charge on any atom is 0.194 e. The molecule has 2 aliphatic rings. The third-order valence-electron chi connectivity index (χ3n) is 5.97. The van der Waals surface area contributed by atoms with Crippen LogP contribution in [0.1, 0.15) is 51.9 Å². The van der Waals surface area contributed by atoms with Crippen LogP contribution in [0, 0.1) is 0 Å². The van der Waals surface area contributed by atoms with Gasteiger partial charge in [-0.15, -0.1) is 0 Å². The van der Waals surface area contributed by atoms with Crippen LogP contribution >= 0.6 is 0 Å². The van der Waals surface area contributed by atoms with Gasteiger partial charge in [0, 0.05) is 22.2 Å². The van der Waals surface area contributed by atoms with E-state index in [2.05, 4.69) is 36.4 Å². The summed E-state index contributed by atoms with van der Waals surface area (Å²) in [4.78, 5) is 13.2. The number of nitrogens with two attached hydrogens (primary N) is 1. The number of ketones is 1. The van der Waals surface area contributed by atoms with Crippen molar-refractivity contribution in [2.45, 2.75) is 24.8 Å². The van der Waals surface area contributed by atoms with Gasteiger partial charge >= 0.3 is 0 Å². The van der Waals surface area contributed by atoms with Gasteiger partial charge in [-0.2, -0.15) is 0 Å². The predicted octanol–water partition coefficient (Wildman–Crippen LogP) is 5.18.